The second kappa shape index (κ2) is 4.66. The molecule has 100 valence electrons. The summed E-state index contributed by atoms with van der Waals surface area (Å²) in [6.07, 6.45) is 1.85. The first kappa shape index (κ1) is 12.2. The summed E-state index contributed by atoms with van der Waals surface area (Å²) in [7, 11) is 2.08. The molecule has 19 heavy (non-hydrogen) atoms. The molecule has 0 spiro atoms. The van der Waals surface area contributed by atoms with E-state index in [0.29, 0.717) is 16.8 Å². The number of nitrogens with one attached hydrogen (secondary N) is 1. The van der Waals surface area contributed by atoms with Gasteiger partial charge in [-0.15, -0.1) is 0 Å². The molecule has 2 aliphatic rings. The Balaban J connectivity index is 1.89. The van der Waals surface area contributed by atoms with Crippen molar-refractivity contribution < 1.29 is 9.18 Å². The number of carbonyl (C=O) groups is 1. The topological polar surface area (TPSA) is 35.6 Å². The van der Waals surface area contributed by atoms with E-state index >= 15 is 0 Å². The van der Waals surface area contributed by atoms with E-state index in [1.165, 1.54) is 12.1 Å². The number of amides is 1. The predicted octanol–water partition coefficient (Wildman–Crippen LogP) is 1.37. The van der Waals surface area contributed by atoms with Gasteiger partial charge in [-0.3, -0.25) is 4.79 Å². The molecule has 1 N–H and O–H groups in total. The van der Waals surface area contributed by atoms with Crippen molar-refractivity contribution in [3.63, 3.8) is 0 Å². The van der Waals surface area contributed by atoms with Crippen LogP contribution in [-0.4, -0.2) is 48.9 Å². The molecular formula is C14H16FN3O. The summed E-state index contributed by atoms with van der Waals surface area (Å²) in [4.78, 5) is 16.3. The number of nitrogens with zero attached hydrogens (tertiary/aromatic N) is 2. The lowest BCUT2D eigenvalue weighted by molar-refractivity contribution is -0.110. The smallest absolute Gasteiger partial charge is 0.257 e. The number of likely N-dealkylation sites (N-methyl/N-ethyl adjacent to an activating group) is 1. The average molecular weight is 261 g/mol. The van der Waals surface area contributed by atoms with Gasteiger partial charge in [-0.2, -0.15) is 0 Å². The number of fused-ring (bicyclic) bond motifs is 1. The summed E-state index contributed by atoms with van der Waals surface area (Å²) >= 11 is 0. The van der Waals surface area contributed by atoms with Crippen molar-refractivity contribution in [2.24, 2.45) is 0 Å². The maximum atomic E-state index is 13.3. The highest BCUT2D eigenvalue weighted by atomic mass is 19.1. The molecule has 1 aromatic rings. The monoisotopic (exact) mass is 261 g/mol. The van der Waals surface area contributed by atoms with Crippen LogP contribution >= 0.6 is 0 Å². The van der Waals surface area contributed by atoms with Gasteiger partial charge in [0.05, 0.1) is 5.57 Å². The lowest BCUT2D eigenvalue weighted by Crippen LogP contribution is -2.42. The number of hydrogen-bond acceptors (Lipinski definition) is 3. The zero-order chi connectivity index (χ0) is 13.4. The van der Waals surface area contributed by atoms with E-state index < -0.39 is 0 Å². The number of carbonyl (C=O) groups excluding carboxylic acids is 1. The third-order valence-corrected chi connectivity index (χ3v) is 3.61. The first-order valence-corrected chi connectivity index (χ1v) is 6.39. The molecule has 0 aromatic heterocycles. The first-order valence-electron chi connectivity index (χ1n) is 6.39. The van der Waals surface area contributed by atoms with Crippen LogP contribution in [0.25, 0.3) is 5.57 Å². The van der Waals surface area contributed by atoms with Crippen molar-refractivity contribution in [3.8, 4) is 0 Å². The van der Waals surface area contributed by atoms with E-state index in [2.05, 4.69) is 22.2 Å². The van der Waals surface area contributed by atoms with Crippen LogP contribution in [0.4, 0.5) is 10.1 Å². The summed E-state index contributed by atoms with van der Waals surface area (Å²) in [6.45, 7) is 3.72. The Hall–Kier alpha value is -1.88. The number of halogens is 1. The van der Waals surface area contributed by atoms with Gasteiger partial charge >= 0.3 is 0 Å². The van der Waals surface area contributed by atoms with Crippen molar-refractivity contribution in [2.75, 3.05) is 38.5 Å². The van der Waals surface area contributed by atoms with Gasteiger partial charge in [0.2, 0.25) is 0 Å². The highest BCUT2D eigenvalue weighted by molar-refractivity contribution is 6.31. The van der Waals surface area contributed by atoms with E-state index in [0.717, 1.165) is 26.2 Å². The minimum atomic E-state index is -0.320. The molecule has 4 nitrogen and oxygen atoms in total. The third-order valence-electron chi connectivity index (χ3n) is 3.61. The van der Waals surface area contributed by atoms with Crippen LogP contribution in [0, 0.1) is 5.82 Å². The molecule has 1 fully saturated rings. The number of anilines is 1. The maximum absolute atomic E-state index is 13.3. The molecule has 0 radical (unpaired) electrons. The maximum Gasteiger partial charge on any atom is 0.257 e. The summed E-state index contributed by atoms with van der Waals surface area (Å²) in [5.41, 5.74) is 1.90. The Morgan fingerprint density at radius 1 is 1.26 bits per heavy atom. The van der Waals surface area contributed by atoms with Gasteiger partial charge in [0, 0.05) is 43.6 Å². The van der Waals surface area contributed by atoms with Crippen LogP contribution in [0.15, 0.2) is 24.4 Å². The number of benzene rings is 1. The minimum absolute atomic E-state index is 0.153. The van der Waals surface area contributed by atoms with Crippen LogP contribution in [0.3, 0.4) is 0 Å². The predicted molar refractivity (Wildman–Crippen MR) is 72.1 cm³/mol. The average Bonchev–Trinajstić information content (AvgIpc) is 2.69. The van der Waals surface area contributed by atoms with E-state index in [4.69, 9.17) is 0 Å². The van der Waals surface area contributed by atoms with Gasteiger partial charge in [-0.1, -0.05) is 0 Å². The minimum Gasteiger partial charge on any atom is -0.374 e. The van der Waals surface area contributed by atoms with Gasteiger partial charge < -0.3 is 15.1 Å². The number of rotatable bonds is 1. The Morgan fingerprint density at radius 2 is 2.00 bits per heavy atom. The second-order valence-corrected chi connectivity index (χ2v) is 5.03. The highest BCUT2D eigenvalue weighted by Gasteiger charge is 2.25. The summed E-state index contributed by atoms with van der Waals surface area (Å²) < 4.78 is 13.3. The van der Waals surface area contributed by atoms with Crippen LogP contribution in [-0.2, 0) is 4.79 Å². The highest BCUT2D eigenvalue weighted by Crippen LogP contribution is 2.32. The van der Waals surface area contributed by atoms with E-state index in [9.17, 15) is 9.18 Å². The molecule has 5 heteroatoms. The van der Waals surface area contributed by atoms with Crippen molar-refractivity contribution in [1.82, 2.24) is 9.80 Å². The molecule has 0 aliphatic carbocycles. The lowest BCUT2D eigenvalue weighted by atomic mass is 10.1. The molecule has 1 aromatic carbocycles. The molecule has 3 rings (SSSR count). The first-order chi connectivity index (χ1) is 9.13. The molecule has 2 heterocycles. The molecule has 0 saturated carbocycles. The van der Waals surface area contributed by atoms with Gasteiger partial charge in [-0.05, 0) is 25.2 Å². The second-order valence-electron chi connectivity index (χ2n) is 5.03. The van der Waals surface area contributed by atoms with Crippen molar-refractivity contribution in [1.29, 1.82) is 0 Å². The summed E-state index contributed by atoms with van der Waals surface area (Å²) in [5, 5.41) is 2.76. The van der Waals surface area contributed by atoms with Crippen molar-refractivity contribution in [2.45, 2.75) is 0 Å². The number of piperazine rings is 1. The summed E-state index contributed by atoms with van der Waals surface area (Å²) in [5.74, 6) is -0.473. The Morgan fingerprint density at radius 3 is 2.74 bits per heavy atom. The Bertz CT molecular complexity index is 548. The Kier molecular flexibility index (Phi) is 2.98. The Labute approximate surface area is 111 Å². The van der Waals surface area contributed by atoms with Gasteiger partial charge in [0.25, 0.3) is 5.91 Å². The van der Waals surface area contributed by atoms with Crippen LogP contribution < -0.4 is 5.32 Å². The van der Waals surface area contributed by atoms with Crippen LogP contribution in [0.5, 0.6) is 0 Å². The summed E-state index contributed by atoms with van der Waals surface area (Å²) in [6, 6.07) is 4.38. The lowest BCUT2D eigenvalue weighted by Gasteiger charge is -2.31. The molecule has 2 aliphatic heterocycles. The van der Waals surface area contributed by atoms with E-state index in [1.54, 1.807) is 6.07 Å². The van der Waals surface area contributed by atoms with E-state index in [-0.39, 0.29) is 11.7 Å². The molecule has 0 bridgehead atoms. The van der Waals surface area contributed by atoms with E-state index in [1.807, 2.05) is 6.20 Å². The standard InChI is InChI=1S/C14H16FN3O/c1-17-4-6-18(7-5-17)9-12-11-8-10(15)2-3-13(11)16-14(12)19/h2-3,8-9H,4-7H2,1H3,(H,16,19)/b12-9+. The number of hydrogen-bond donors (Lipinski definition) is 1. The third kappa shape index (κ3) is 2.33. The zero-order valence-electron chi connectivity index (χ0n) is 10.8. The largest absolute Gasteiger partial charge is 0.374 e. The zero-order valence-corrected chi connectivity index (χ0v) is 10.8. The normalized spacial score (nSPS) is 21.7. The fraction of sp³-hybridized carbons (Fsp3) is 0.357. The molecule has 1 amide bonds. The van der Waals surface area contributed by atoms with Crippen LogP contribution in [0.2, 0.25) is 0 Å². The van der Waals surface area contributed by atoms with Gasteiger partial charge in [0.15, 0.2) is 0 Å². The quantitative estimate of drug-likeness (QED) is 0.775. The fourth-order valence-electron chi connectivity index (χ4n) is 2.42. The SMILES string of the molecule is CN1CCN(/C=C2/C(=O)Nc3ccc(F)cc32)CC1. The van der Waals surface area contributed by atoms with Gasteiger partial charge in [0.1, 0.15) is 5.82 Å². The van der Waals surface area contributed by atoms with Crippen molar-refractivity contribution >= 4 is 17.2 Å². The van der Waals surface area contributed by atoms with Crippen molar-refractivity contribution in [3.05, 3.63) is 35.8 Å². The molecular weight excluding hydrogens is 245 g/mol. The van der Waals surface area contributed by atoms with Crippen LogP contribution in [0.1, 0.15) is 5.56 Å². The molecule has 0 atom stereocenters. The fourth-order valence-corrected chi connectivity index (χ4v) is 2.42. The molecule has 0 unspecified atom stereocenters. The molecule has 1 saturated heterocycles. The van der Waals surface area contributed by atoms with Gasteiger partial charge in [-0.25, -0.2) is 4.39 Å².